The summed E-state index contributed by atoms with van der Waals surface area (Å²) < 4.78 is 5.76. The fourth-order valence-corrected chi connectivity index (χ4v) is 3.30. The number of hydrogen-bond donors (Lipinski definition) is 1. The van der Waals surface area contributed by atoms with E-state index in [-0.39, 0.29) is 5.91 Å². The number of amides is 1. The predicted molar refractivity (Wildman–Crippen MR) is 79.0 cm³/mol. The van der Waals surface area contributed by atoms with E-state index in [2.05, 4.69) is 5.32 Å². The van der Waals surface area contributed by atoms with Crippen LogP contribution >= 0.6 is 11.3 Å². The van der Waals surface area contributed by atoms with Gasteiger partial charge in [0.2, 0.25) is 0 Å². The molecule has 0 saturated heterocycles. The third kappa shape index (κ3) is 4.32. The summed E-state index contributed by atoms with van der Waals surface area (Å²) in [5.41, 5.74) is 1.19. The van der Waals surface area contributed by atoms with Crippen molar-refractivity contribution in [2.75, 3.05) is 13.2 Å². The van der Waals surface area contributed by atoms with Crippen molar-refractivity contribution in [2.45, 2.75) is 52.1 Å². The smallest absolute Gasteiger partial charge is 0.261 e. The molecule has 4 heteroatoms. The Kier molecular flexibility index (Phi) is 5.40. The molecule has 2 rings (SSSR count). The molecule has 0 aromatic carbocycles. The summed E-state index contributed by atoms with van der Waals surface area (Å²) in [7, 11) is 0. The van der Waals surface area contributed by atoms with Crippen LogP contribution in [0.25, 0.3) is 0 Å². The highest BCUT2D eigenvalue weighted by Gasteiger charge is 2.14. The van der Waals surface area contributed by atoms with Gasteiger partial charge in [0.25, 0.3) is 5.91 Å². The quantitative estimate of drug-likeness (QED) is 0.811. The lowest BCUT2D eigenvalue weighted by molar-refractivity contribution is 0.0565. The molecule has 1 N–H and O–H groups in total. The molecule has 3 nitrogen and oxygen atoms in total. The average molecular weight is 281 g/mol. The Balaban J connectivity index is 1.61. The number of carbonyl (C=O) groups excluding carboxylic acids is 1. The molecule has 106 valence electrons. The van der Waals surface area contributed by atoms with E-state index in [9.17, 15) is 4.79 Å². The maximum Gasteiger partial charge on any atom is 0.261 e. The van der Waals surface area contributed by atoms with Crippen LogP contribution in [0.4, 0.5) is 0 Å². The largest absolute Gasteiger partial charge is 0.378 e. The van der Waals surface area contributed by atoms with Crippen LogP contribution in [0.3, 0.4) is 0 Å². The molecule has 1 aromatic heterocycles. The van der Waals surface area contributed by atoms with E-state index >= 15 is 0 Å². The Morgan fingerprint density at radius 3 is 2.79 bits per heavy atom. The van der Waals surface area contributed by atoms with E-state index in [0.29, 0.717) is 12.6 Å². The van der Waals surface area contributed by atoms with Crippen molar-refractivity contribution in [3.05, 3.63) is 21.4 Å². The molecule has 1 aromatic rings. The zero-order chi connectivity index (χ0) is 13.7. The summed E-state index contributed by atoms with van der Waals surface area (Å²) >= 11 is 1.56. The molecule has 0 unspecified atom stereocenters. The Hall–Kier alpha value is -0.870. The Bertz CT molecular complexity index is 402. The molecule has 1 heterocycles. The van der Waals surface area contributed by atoms with E-state index in [0.717, 1.165) is 17.9 Å². The van der Waals surface area contributed by atoms with Crippen LogP contribution in [-0.4, -0.2) is 25.2 Å². The third-order valence-electron chi connectivity index (χ3n) is 3.65. The Morgan fingerprint density at radius 2 is 2.16 bits per heavy atom. The molecule has 19 heavy (non-hydrogen) atoms. The van der Waals surface area contributed by atoms with Gasteiger partial charge in [-0.3, -0.25) is 4.79 Å². The van der Waals surface area contributed by atoms with Crippen molar-refractivity contribution in [1.29, 1.82) is 0 Å². The molecule has 0 radical (unpaired) electrons. The van der Waals surface area contributed by atoms with E-state index < -0.39 is 0 Å². The number of hydrogen-bond acceptors (Lipinski definition) is 3. The fraction of sp³-hybridized carbons (Fsp3) is 0.667. The first-order valence-corrected chi connectivity index (χ1v) is 7.95. The van der Waals surface area contributed by atoms with E-state index in [1.807, 2.05) is 19.9 Å². The SMILES string of the molecule is Cc1cc(C(=O)NCCCOC2CCCC2)sc1C. The number of thiophene rings is 1. The van der Waals surface area contributed by atoms with Gasteiger partial charge in [-0.25, -0.2) is 0 Å². The van der Waals surface area contributed by atoms with Gasteiger partial charge in [0, 0.05) is 18.0 Å². The van der Waals surface area contributed by atoms with E-state index in [1.165, 1.54) is 36.1 Å². The van der Waals surface area contributed by atoms with Gasteiger partial charge >= 0.3 is 0 Å². The standard InChI is InChI=1S/C15H23NO2S/c1-11-10-14(19-12(11)2)15(17)16-8-5-9-18-13-6-3-4-7-13/h10,13H,3-9H2,1-2H3,(H,16,17). The number of carbonyl (C=O) groups is 1. The first-order valence-electron chi connectivity index (χ1n) is 7.13. The van der Waals surface area contributed by atoms with Crippen LogP contribution in [0, 0.1) is 13.8 Å². The van der Waals surface area contributed by atoms with Crippen LogP contribution in [0.15, 0.2) is 6.07 Å². The lowest BCUT2D eigenvalue weighted by atomic mass is 10.3. The van der Waals surface area contributed by atoms with Gasteiger partial charge in [0.1, 0.15) is 0 Å². The highest BCUT2D eigenvalue weighted by Crippen LogP contribution is 2.21. The van der Waals surface area contributed by atoms with Crippen molar-refractivity contribution in [1.82, 2.24) is 5.32 Å². The molecule has 0 aliphatic heterocycles. The van der Waals surface area contributed by atoms with Crippen molar-refractivity contribution in [2.24, 2.45) is 0 Å². The highest BCUT2D eigenvalue weighted by molar-refractivity contribution is 7.14. The number of ether oxygens (including phenoxy) is 1. The van der Waals surface area contributed by atoms with Crippen LogP contribution in [-0.2, 0) is 4.74 Å². The maximum atomic E-state index is 11.9. The summed E-state index contributed by atoms with van der Waals surface area (Å²) in [5, 5.41) is 2.96. The normalized spacial score (nSPS) is 15.9. The van der Waals surface area contributed by atoms with Crippen LogP contribution in [0.1, 0.15) is 52.2 Å². The molecular weight excluding hydrogens is 258 g/mol. The summed E-state index contributed by atoms with van der Waals surface area (Å²) in [4.78, 5) is 13.9. The maximum absolute atomic E-state index is 11.9. The minimum Gasteiger partial charge on any atom is -0.378 e. The minimum absolute atomic E-state index is 0.0436. The lowest BCUT2D eigenvalue weighted by Gasteiger charge is -2.10. The number of nitrogens with one attached hydrogen (secondary N) is 1. The second kappa shape index (κ2) is 7.06. The van der Waals surface area contributed by atoms with Gasteiger partial charge in [0.15, 0.2) is 0 Å². The second-order valence-corrected chi connectivity index (χ2v) is 6.49. The Labute approximate surface area is 119 Å². The summed E-state index contributed by atoms with van der Waals surface area (Å²) in [5.74, 6) is 0.0436. The molecule has 0 atom stereocenters. The van der Waals surface area contributed by atoms with Gasteiger partial charge in [-0.15, -0.1) is 11.3 Å². The van der Waals surface area contributed by atoms with Crippen LogP contribution < -0.4 is 5.32 Å². The first-order chi connectivity index (χ1) is 9.16. The van der Waals surface area contributed by atoms with Crippen molar-refractivity contribution in [3.8, 4) is 0 Å². The molecule has 1 aliphatic carbocycles. The second-order valence-electron chi connectivity index (χ2n) is 5.24. The van der Waals surface area contributed by atoms with Gasteiger partial charge in [-0.2, -0.15) is 0 Å². The molecule has 1 saturated carbocycles. The molecule has 1 amide bonds. The average Bonchev–Trinajstić information content (AvgIpc) is 3.00. The molecule has 0 spiro atoms. The van der Waals surface area contributed by atoms with Gasteiger partial charge in [0.05, 0.1) is 11.0 Å². The van der Waals surface area contributed by atoms with Crippen LogP contribution in [0.5, 0.6) is 0 Å². The number of rotatable bonds is 6. The fourth-order valence-electron chi connectivity index (χ4n) is 2.35. The van der Waals surface area contributed by atoms with Gasteiger partial charge < -0.3 is 10.1 Å². The summed E-state index contributed by atoms with van der Waals surface area (Å²) in [6, 6.07) is 1.96. The topological polar surface area (TPSA) is 38.3 Å². The lowest BCUT2D eigenvalue weighted by Crippen LogP contribution is -2.25. The van der Waals surface area contributed by atoms with E-state index in [1.54, 1.807) is 11.3 Å². The third-order valence-corrected chi connectivity index (χ3v) is 4.80. The highest BCUT2D eigenvalue weighted by atomic mass is 32.1. The Morgan fingerprint density at radius 1 is 1.42 bits per heavy atom. The van der Waals surface area contributed by atoms with Crippen molar-refractivity contribution >= 4 is 17.2 Å². The molecule has 0 bridgehead atoms. The minimum atomic E-state index is 0.0436. The summed E-state index contributed by atoms with van der Waals surface area (Å²) in [6.07, 6.45) is 6.39. The van der Waals surface area contributed by atoms with Gasteiger partial charge in [-0.05, 0) is 44.7 Å². The summed E-state index contributed by atoms with van der Waals surface area (Å²) in [6.45, 7) is 5.54. The zero-order valence-corrected chi connectivity index (χ0v) is 12.6. The first kappa shape index (κ1) is 14.5. The number of aryl methyl sites for hydroxylation is 2. The van der Waals surface area contributed by atoms with Crippen molar-refractivity contribution < 1.29 is 9.53 Å². The predicted octanol–water partition coefficient (Wildman–Crippen LogP) is 3.44. The molecule has 1 aliphatic rings. The van der Waals surface area contributed by atoms with E-state index in [4.69, 9.17) is 4.74 Å². The van der Waals surface area contributed by atoms with Gasteiger partial charge in [-0.1, -0.05) is 12.8 Å². The monoisotopic (exact) mass is 281 g/mol. The zero-order valence-electron chi connectivity index (χ0n) is 11.8. The van der Waals surface area contributed by atoms with Crippen LogP contribution in [0.2, 0.25) is 0 Å². The molecule has 1 fully saturated rings. The van der Waals surface area contributed by atoms with Crippen molar-refractivity contribution in [3.63, 3.8) is 0 Å². The molecular formula is C15H23NO2S.